The summed E-state index contributed by atoms with van der Waals surface area (Å²) in [4.78, 5) is 38.2. The molecule has 400 valence electrons. The highest BCUT2D eigenvalue weighted by molar-refractivity contribution is 5.71. The predicted molar refractivity (Wildman–Crippen MR) is 302 cm³/mol. The molecular formula is C64H108O6. The van der Waals surface area contributed by atoms with Gasteiger partial charge >= 0.3 is 17.9 Å². The van der Waals surface area contributed by atoms with Crippen molar-refractivity contribution in [3.63, 3.8) is 0 Å². The van der Waals surface area contributed by atoms with Crippen LogP contribution >= 0.6 is 0 Å². The Kier molecular flexibility index (Phi) is 54.9. The van der Waals surface area contributed by atoms with Crippen molar-refractivity contribution in [1.82, 2.24) is 0 Å². The lowest BCUT2D eigenvalue weighted by molar-refractivity contribution is -0.167. The summed E-state index contributed by atoms with van der Waals surface area (Å²) in [5, 5.41) is 0. The number of hydrogen-bond acceptors (Lipinski definition) is 6. The van der Waals surface area contributed by atoms with Crippen LogP contribution in [-0.2, 0) is 28.6 Å². The molecule has 0 N–H and O–H groups in total. The first-order valence-electron chi connectivity index (χ1n) is 29.2. The number of esters is 3. The molecule has 0 fully saturated rings. The zero-order valence-electron chi connectivity index (χ0n) is 45.8. The van der Waals surface area contributed by atoms with E-state index in [0.29, 0.717) is 19.3 Å². The Morgan fingerprint density at radius 2 is 0.557 bits per heavy atom. The topological polar surface area (TPSA) is 78.9 Å². The van der Waals surface area contributed by atoms with Crippen molar-refractivity contribution in [1.29, 1.82) is 0 Å². The molecule has 0 aromatic rings. The summed E-state index contributed by atoms with van der Waals surface area (Å²) in [6.45, 7) is 6.46. The van der Waals surface area contributed by atoms with Crippen molar-refractivity contribution in [3.8, 4) is 0 Å². The van der Waals surface area contributed by atoms with E-state index in [1.165, 1.54) is 96.3 Å². The molecule has 0 aromatic heterocycles. The molecule has 0 aliphatic rings. The molecule has 70 heavy (non-hydrogen) atoms. The van der Waals surface area contributed by atoms with Gasteiger partial charge in [-0.15, -0.1) is 0 Å². The summed E-state index contributed by atoms with van der Waals surface area (Å²) in [5.74, 6) is -0.923. The minimum absolute atomic E-state index is 0.0932. The molecule has 0 aromatic carbocycles. The van der Waals surface area contributed by atoms with E-state index in [4.69, 9.17) is 14.2 Å². The summed E-state index contributed by atoms with van der Waals surface area (Å²) in [7, 11) is 0. The second-order valence-corrected chi connectivity index (χ2v) is 19.2. The van der Waals surface area contributed by atoms with Gasteiger partial charge in [0, 0.05) is 19.3 Å². The number of carbonyl (C=O) groups is 3. The van der Waals surface area contributed by atoms with Gasteiger partial charge < -0.3 is 14.2 Å². The lowest BCUT2D eigenvalue weighted by atomic mass is 10.1. The maximum Gasteiger partial charge on any atom is 0.306 e. The largest absolute Gasteiger partial charge is 0.462 e. The third kappa shape index (κ3) is 55.3. The molecule has 1 unspecified atom stereocenters. The van der Waals surface area contributed by atoms with E-state index >= 15 is 0 Å². The number of allylic oxidation sites excluding steroid dienone is 16. The van der Waals surface area contributed by atoms with Gasteiger partial charge in [-0.2, -0.15) is 0 Å². The molecule has 6 nitrogen and oxygen atoms in total. The summed E-state index contributed by atoms with van der Waals surface area (Å²) in [5.41, 5.74) is 0. The first-order valence-corrected chi connectivity index (χ1v) is 29.2. The van der Waals surface area contributed by atoms with Crippen LogP contribution in [-0.4, -0.2) is 37.2 Å². The Bertz CT molecular complexity index is 1400. The standard InChI is InChI=1S/C64H108O6/c1-4-7-10-13-16-19-22-25-28-31-32-34-36-39-42-45-48-51-54-57-63(66)69-60-61(59-68-62(65)56-53-50-47-44-41-38-35-30-27-24-21-18-15-12-9-6-3)70-64(67)58-55-52-49-46-43-40-37-33-29-26-23-20-17-14-11-8-5-2/h7,10,16-17,19-21,24-26,28-30,32,34-35,61H,4-6,8-9,11-15,18,22-23,27,31,33,36-60H2,1-3H3/b10-7-,19-16-,20-17-,24-21-,28-25-,29-26-,34-32-,35-30-. The van der Waals surface area contributed by atoms with Gasteiger partial charge in [0.25, 0.3) is 0 Å². The average molecular weight is 974 g/mol. The highest BCUT2D eigenvalue weighted by Crippen LogP contribution is 2.14. The van der Waals surface area contributed by atoms with Gasteiger partial charge in [0.15, 0.2) is 6.10 Å². The van der Waals surface area contributed by atoms with Crippen LogP contribution in [0.1, 0.15) is 271 Å². The number of ether oxygens (including phenoxy) is 3. The molecule has 0 radical (unpaired) electrons. The third-order valence-corrected chi connectivity index (χ3v) is 12.3. The molecule has 6 heteroatoms. The molecule has 0 rings (SSSR count). The van der Waals surface area contributed by atoms with E-state index < -0.39 is 6.10 Å². The van der Waals surface area contributed by atoms with Gasteiger partial charge in [-0.3, -0.25) is 14.4 Å². The van der Waals surface area contributed by atoms with Crippen LogP contribution in [0.15, 0.2) is 97.2 Å². The van der Waals surface area contributed by atoms with Crippen molar-refractivity contribution in [2.75, 3.05) is 13.2 Å². The molecule has 0 saturated heterocycles. The van der Waals surface area contributed by atoms with E-state index in [2.05, 4.69) is 118 Å². The second kappa shape index (κ2) is 57.9. The zero-order chi connectivity index (χ0) is 50.7. The molecule has 0 aliphatic heterocycles. The molecular weight excluding hydrogens is 865 g/mol. The predicted octanol–water partition coefficient (Wildman–Crippen LogP) is 19.7. The maximum atomic E-state index is 12.9. The van der Waals surface area contributed by atoms with Gasteiger partial charge in [-0.1, -0.05) is 227 Å². The number of carbonyl (C=O) groups excluding carboxylic acids is 3. The quantitative estimate of drug-likeness (QED) is 0.0262. The van der Waals surface area contributed by atoms with E-state index in [-0.39, 0.29) is 31.1 Å². The highest BCUT2D eigenvalue weighted by atomic mass is 16.6. The van der Waals surface area contributed by atoms with Crippen LogP contribution in [0.25, 0.3) is 0 Å². The van der Waals surface area contributed by atoms with Gasteiger partial charge in [0.2, 0.25) is 0 Å². The molecule has 0 heterocycles. The van der Waals surface area contributed by atoms with Gasteiger partial charge in [-0.25, -0.2) is 0 Å². The van der Waals surface area contributed by atoms with Crippen LogP contribution in [0.5, 0.6) is 0 Å². The third-order valence-electron chi connectivity index (χ3n) is 12.3. The monoisotopic (exact) mass is 973 g/mol. The fourth-order valence-corrected chi connectivity index (χ4v) is 7.91. The molecule has 0 spiro atoms. The second-order valence-electron chi connectivity index (χ2n) is 19.2. The van der Waals surface area contributed by atoms with E-state index in [0.717, 1.165) is 135 Å². The lowest BCUT2D eigenvalue weighted by Crippen LogP contribution is -2.30. The Morgan fingerprint density at radius 3 is 0.900 bits per heavy atom. The maximum absolute atomic E-state index is 12.9. The van der Waals surface area contributed by atoms with Crippen molar-refractivity contribution in [3.05, 3.63) is 97.2 Å². The van der Waals surface area contributed by atoms with E-state index in [1.807, 2.05) is 0 Å². The van der Waals surface area contributed by atoms with Crippen molar-refractivity contribution >= 4 is 17.9 Å². The molecule has 0 amide bonds. The average Bonchev–Trinajstić information content (AvgIpc) is 3.36. The van der Waals surface area contributed by atoms with Crippen LogP contribution in [0.3, 0.4) is 0 Å². The Labute approximate surface area is 432 Å². The summed E-state index contributed by atoms with van der Waals surface area (Å²) >= 11 is 0. The SMILES string of the molecule is CC/C=C\C/C=C\C/C=C\C/C=C\CCCCCCCCC(=O)OCC(COC(=O)CCCCCCC/C=C\C/C=C\CCCCCC)OC(=O)CCCCCCCCC/C=C\C/C=C\CCCCC. The molecule has 0 aliphatic carbocycles. The number of rotatable bonds is 52. The van der Waals surface area contributed by atoms with Gasteiger partial charge in [-0.05, 0) is 122 Å². The Morgan fingerprint density at radius 1 is 0.300 bits per heavy atom. The minimum atomic E-state index is -0.796. The first-order chi connectivity index (χ1) is 34.5. The smallest absolute Gasteiger partial charge is 0.306 e. The number of unbranched alkanes of at least 4 members (excludes halogenated alkanes) is 25. The van der Waals surface area contributed by atoms with Crippen molar-refractivity contribution in [2.45, 2.75) is 277 Å². The van der Waals surface area contributed by atoms with Gasteiger partial charge in [0.05, 0.1) is 0 Å². The van der Waals surface area contributed by atoms with E-state index in [9.17, 15) is 14.4 Å². The van der Waals surface area contributed by atoms with Gasteiger partial charge in [0.1, 0.15) is 13.2 Å². The molecule has 0 bridgehead atoms. The van der Waals surface area contributed by atoms with E-state index in [1.54, 1.807) is 0 Å². The normalized spacial score (nSPS) is 12.8. The Hall–Kier alpha value is -3.67. The minimum Gasteiger partial charge on any atom is -0.462 e. The summed E-state index contributed by atoms with van der Waals surface area (Å²) in [6, 6.07) is 0. The van der Waals surface area contributed by atoms with Crippen LogP contribution in [0.4, 0.5) is 0 Å². The lowest BCUT2D eigenvalue weighted by Gasteiger charge is -2.18. The van der Waals surface area contributed by atoms with Crippen LogP contribution < -0.4 is 0 Å². The fourth-order valence-electron chi connectivity index (χ4n) is 7.91. The Balaban J connectivity index is 4.45. The van der Waals surface area contributed by atoms with Crippen molar-refractivity contribution < 1.29 is 28.6 Å². The van der Waals surface area contributed by atoms with Crippen LogP contribution in [0.2, 0.25) is 0 Å². The summed E-state index contributed by atoms with van der Waals surface area (Å²) in [6.07, 6.45) is 76.7. The summed E-state index contributed by atoms with van der Waals surface area (Å²) < 4.78 is 16.9. The highest BCUT2D eigenvalue weighted by Gasteiger charge is 2.19. The zero-order valence-corrected chi connectivity index (χ0v) is 45.8. The van der Waals surface area contributed by atoms with Crippen LogP contribution in [0, 0.1) is 0 Å². The number of hydrogen-bond donors (Lipinski definition) is 0. The van der Waals surface area contributed by atoms with Crippen molar-refractivity contribution in [2.24, 2.45) is 0 Å². The first kappa shape index (κ1) is 66.3. The molecule has 0 saturated carbocycles. The fraction of sp³-hybridized carbons (Fsp3) is 0.703. The molecule has 1 atom stereocenters.